The molecule has 7 nitrogen and oxygen atoms in total. The molecule has 0 unspecified atom stereocenters. The minimum Gasteiger partial charge on any atom is -0.475 e. The lowest BCUT2D eigenvalue weighted by molar-refractivity contribution is -0.192. The van der Waals surface area contributed by atoms with Crippen molar-refractivity contribution < 1.29 is 23.1 Å². The van der Waals surface area contributed by atoms with E-state index in [0.717, 1.165) is 25.6 Å². The van der Waals surface area contributed by atoms with Crippen LogP contribution in [-0.2, 0) is 11.3 Å². The second-order valence-corrected chi connectivity index (χ2v) is 7.45. The Morgan fingerprint density at radius 1 is 1.07 bits per heavy atom. The number of alkyl halides is 3. The summed E-state index contributed by atoms with van der Waals surface area (Å²) in [5.74, 6) is -1.88. The molecule has 0 saturated carbocycles. The van der Waals surface area contributed by atoms with Crippen LogP contribution in [0.5, 0.6) is 0 Å². The van der Waals surface area contributed by atoms with E-state index in [0.29, 0.717) is 5.54 Å². The molecule has 2 aliphatic rings. The summed E-state index contributed by atoms with van der Waals surface area (Å²) in [6, 6.07) is 6.10. The third kappa shape index (κ3) is 5.44. The highest BCUT2D eigenvalue weighted by molar-refractivity contribution is 5.73. The van der Waals surface area contributed by atoms with Crippen molar-refractivity contribution >= 4 is 11.9 Å². The molecule has 1 N–H and O–H groups in total. The molecular weight excluding hydrogens is 399 g/mol. The van der Waals surface area contributed by atoms with Gasteiger partial charge in [-0.2, -0.15) is 13.2 Å². The first kappa shape index (κ1) is 21.9. The monoisotopic (exact) mass is 423 g/mol. The van der Waals surface area contributed by atoms with Gasteiger partial charge in [0.1, 0.15) is 0 Å². The van der Waals surface area contributed by atoms with Crippen molar-refractivity contribution in [3.63, 3.8) is 0 Å². The number of aromatic nitrogens is 3. The Labute approximate surface area is 172 Å². The van der Waals surface area contributed by atoms with Gasteiger partial charge in [-0.3, -0.25) is 9.88 Å². The minimum absolute atomic E-state index is 0.362. The lowest BCUT2D eigenvalue weighted by Gasteiger charge is -2.45. The highest BCUT2D eigenvalue weighted by Gasteiger charge is 2.43. The second kappa shape index (κ2) is 9.38. The number of carboxylic acid groups (broad SMARTS) is 1. The van der Waals surface area contributed by atoms with E-state index in [-0.39, 0.29) is 0 Å². The topological polar surface area (TPSA) is 82.5 Å². The third-order valence-corrected chi connectivity index (χ3v) is 5.61. The van der Waals surface area contributed by atoms with Crippen molar-refractivity contribution in [1.29, 1.82) is 0 Å². The fourth-order valence-electron chi connectivity index (χ4n) is 4.10. The maximum absolute atomic E-state index is 10.6. The van der Waals surface area contributed by atoms with Gasteiger partial charge in [0.15, 0.2) is 0 Å². The van der Waals surface area contributed by atoms with Crippen LogP contribution in [0.4, 0.5) is 19.1 Å². The number of carbonyl (C=O) groups is 1. The Morgan fingerprint density at radius 3 is 2.30 bits per heavy atom. The van der Waals surface area contributed by atoms with E-state index in [1.807, 2.05) is 36.9 Å². The number of hydrogen-bond acceptors (Lipinski definition) is 6. The fraction of sp³-hybridized carbons (Fsp3) is 0.500. The number of pyridine rings is 1. The van der Waals surface area contributed by atoms with Crippen molar-refractivity contribution in [1.82, 2.24) is 19.9 Å². The maximum Gasteiger partial charge on any atom is 0.490 e. The predicted octanol–water partition coefficient (Wildman–Crippen LogP) is 3.14. The third-order valence-electron chi connectivity index (χ3n) is 5.61. The van der Waals surface area contributed by atoms with Crippen molar-refractivity contribution in [2.45, 2.75) is 43.9 Å². The average Bonchev–Trinajstić information content (AvgIpc) is 3.11. The molecule has 0 aliphatic carbocycles. The Hall–Kier alpha value is -2.75. The molecule has 0 amide bonds. The molecule has 162 valence electrons. The van der Waals surface area contributed by atoms with Crippen LogP contribution in [0, 0.1) is 0 Å². The normalized spacial score (nSPS) is 18.7. The van der Waals surface area contributed by atoms with Crippen LogP contribution in [0.25, 0.3) is 0 Å². The molecule has 1 spiro atoms. The van der Waals surface area contributed by atoms with Gasteiger partial charge in [-0.05, 0) is 49.9 Å². The quantitative estimate of drug-likeness (QED) is 0.812. The van der Waals surface area contributed by atoms with Gasteiger partial charge in [-0.15, -0.1) is 0 Å². The van der Waals surface area contributed by atoms with Gasteiger partial charge in [0.25, 0.3) is 0 Å². The van der Waals surface area contributed by atoms with E-state index in [4.69, 9.17) is 9.90 Å². The van der Waals surface area contributed by atoms with Crippen LogP contribution in [0.2, 0.25) is 0 Å². The van der Waals surface area contributed by atoms with E-state index in [1.54, 1.807) is 0 Å². The molecule has 2 aromatic heterocycles. The van der Waals surface area contributed by atoms with Gasteiger partial charge in [-0.25, -0.2) is 14.8 Å². The summed E-state index contributed by atoms with van der Waals surface area (Å²) in [6.07, 6.45) is 7.45. The van der Waals surface area contributed by atoms with Gasteiger partial charge in [0.2, 0.25) is 5.95 Å². The Kier molecular flexibility index (Phi) is 6.86. The molecule has 4 heterocycles. The van der Waals surface area contributed by atoms with Crippen LogP contribution >= 0.6 is 0 Å². The summed E-state index contributed by atoms with van der Waals surface area (Å²) in [5.41, 5.74) is 1.68. The summed E-state index contributed by atoms with van der Waals surface area (Å²) >= 11 is 0. The molecule has 0 bridgehead atoms. The molecule has 2 fully saturated rings. The number of likely N-dealkylation sites (tertiary alicyclic amines) is 1. The number of carboxylic acids is 1. The molecular formula is C20H24F3N5O2. The smallest absolute Gasteiger partial charge is 0.475 e. The molecule has 4 rings (SSSR count). The zero-order chi connectivity index (χ0) is 21.6. The minimum atomic E-state index is -5.08. The van der Waals surface area contributed by atoms with Crippen molar-refractivity contribution in [3.05, 3.63) is 48.5 Å². The molecule has 0 aromatic carbocycles. The highest BCUT2D eigenvalue weighted by atomic mass is 19.4. The molecule has 10 heteroatoms. The lowest BCUT2D eigenvalue weighted by Crippen LogP contribution is -2.52. The molecule has 2 aliphatic heterocycles. The summed E-state index contributed by atoms with van der Waals surface area (Å²) in [5, 5.41) is 7.12. The number of piperidine rings is 1. The maximum atomic E-state index is 10.6. The van der Waals surface area contributed by atoms with Gasteiger partial charge < -0.3 is 10.0 Å². The first-order valence-electron chi connectivity index (χ1n) is 9.76. The van der Waals surface area contributed by atoms with E-state index in [2.05, 4.69) is 30.8 Å². The standard InChI is InChI=1S/C18H23N5.C2HF3O2/c1-4-16(14-19-8-1)15-23-11-2-5-18(23)6-12-22(13-7-18)17-20-9-3-10-21-17;3-2(4,5)1(6)7/h1,3-4,8-10,14H,2,5-7,11-13,15H2;(H,6,7). The van der Waals surface area contributed by atoms with Crippen LogP contribution in [0.15, 0.2) is 43.0 Å². The highest BCUT2D eigenvalue weighted by Crippen LogP contribution is 2.39. The van der Waals surface area contributed by atoms with Gasteiger partial charge in [0.05, 0.1) is 0 Å². The van der Waals surface area contributed by atoms with Crippen molar-refractivity contribution in [3.8, 4) is 0 Å². The van der Waals surface area contributed by atoms with Gasteiger partial charge >= 0.3 is 12.1 Å². The molecule has 0 atom stereocenters. The van der Waals surface area contributed by atoms with E-state index >= 15 is 0 Å². The summed E-state index contributed by atoms with van der Waals surface area (Å²) in [4.78, 5) is 27.0. The largest absolute Gasteiger partial charge is 0.490 e. The summed E-state index contributed by atoms with van der Waals surface area (Å²) < 4.78 is 31.7. The zero-order valence-electron chi connectivity index (χ0n) is 16.4. The molecule has 0 radical (unpaired) electrons. The summed E-state index contributed by atoms with van der Waals surface area (Å²) in [7, 11) is 0. The predicted molar refractivity (Wildman–Crippen MR) is 104 cm³/mol. The number of hydrogen-bond donors (Lipinski definition) is 1. The lowest BCUT2D eigenvalue weighted by atomic mass is 9.85. The SMILES string of the molecule is O=C(O)C(F)(F)F.c1cnc(N2CCC3(CCCN3Cc3cccnc3)CC2)nc1. The Balaban J connectivity index is 0.000000318. The average molecular weight is 423 g/mol. The van der Waals surface area contributed by atoms with E-state index in [9.17, 15) is 13.2 Å². The zero-order valence-corrected chi connectivity index (χ0v) is 16.4. The number of anilines is 1. The Bertz CT molecular complexity index is 812. The fourth-order valence-corrected chi connectivity index (χ4v) is 4.10. The molecule has 2 saturated heterocycles. The number of nitrogens with zero attached hydrogens (tertiary/aromatic N) is 5. The second-order valence-electron chi connectivity index (χ2n) is 7.45. The number of aliphatic carboxylic acids is 1. The first-order valence-corrected chi connectivity index (χ1v) is 9.76. The van der Waals surface area contributed by atoms with E-state index in [1.165, 1.54) is 37.8 Å². The van der Waals surface area contributed by atoms with Crippen molar-refractivity contribution in [2.24, 2.45) is 0 Å². The van der Waals surface area contributed by atoms with E-state index < -0.39 is 12.1 Å². The van der Waals surface area contributed by atoms with Crippen molar-refractivity contribution in [2.75, 3.05) is 24.5 Å². The summed E-state index contributed by atoms with van der Waals surface area (Å²) in [6.45, 7) is 4.33. The first-order chi connectivity index (χ1) is 14.3. The number of halogens is 3. The van der Waals surface area contributed by atoms with Gasteiger partial charge in [-0.1, -0.05) is 6.07 Å². The van der Waals surface area contributed by atoms with Crippen LogP contribution < -0.4 is 4.90 Å². The van der Waals surface area contributed by atoms with Crippen LogP contribution in [-0.4, -0.2) is 62.3 Å². The van der Waals surface area contributed by atoms with Gasteiger partial charge in [0, 0.05) is 50.0 Å². The Morgan fingerprint density at radius 2 is 1.73 bits per heavy atom. The molecule has 2 aromatic rings. The number of rotatable bonds is 3. The molecule has 30 heavy (non-hydrogen) atoms. The van der Waals surface area contributed by atoms with Crippen LogP contribution in [0.1, 0.15) is 31.2 Å². The van der Waals surface area contributed by atoms with Crippen LogP contribution in [0.3, 0.4) is 0 Å².